The molecule has 0 saturated heterocycles. The number of aromatic nitrogens is 1. The number of thiazole rings is 1. The van der Waals surface area contributed by atoms with Crippen LogP contribution in [0.5, 0.6) is 0 Å². The number of benzene rings is 2. The van der Waals surface area contributed by atoms with Crippen LogP contribution in [0.15, 0.2) is 53.9 Å². The van der Waals surface area contributed by atoms with Crippen molar-refractivity contribution in [3.8, 4) is 11.3 Å². The smallest absolute Gasteiger partial charge is 0.236 e. The van der Waals surface area contributed by atoms with E-state index in [4.69, 9.17) is 0 Å². The van der Waals surface area contributed by atoms with Gasteiger partial charge in [0.05, 0.1) is 23.4 Å². The molecule has 0 spiro atoms. The molecule has 0 atom stereocenters. The molecule has 1 aromatic heterocycles. The highest BCUT2D eigenvalue weighted by Crippen LogP contribution is 2.27. The van der Waals surface area contributed by atoms with Gasteiger partial charge in [0.1, 0.15) is 5.82 Å². The fourth-order valence-electron chi connectivity index (χ4n) is 2.49. The van der Waals surface area contributed by atoms with E-state index < -0.39 is 10.0 Å². The summed E-state index contributed by atoms with van der Waals surface area (Å²) in [6.45, 7) is 0. The first kappa shape index (κ1) is 22.3. The quantitative estimate of drug-likeness (QED) is 0.539. The Balaban J connectivity index is 1.54. The van der Waals surface area contributed by atoms with Gasteiger partial charge in [-0.05, 0) is 29.8 Å². The Morgan fingerprint density at radius 3 is 2.47 bits per heavy atom. The van der Waals surface area contributed by atoms with Crippen molar-refractivity contribution < 1.29 is 17.6 Å². The summed E-state index contributed by atoms with van der Waals surface area (Å²) in [4.78, 5) is 16.6. The Bertz CT molecular complexity index is 1110. The third-order valence-electron chi connectivity index (χ3n) is 4.19. The van der Waals surface area contributed by atoms with E-state index in [0.717, 1.165) is 17.4 Å². The molecule has 10 heteroatoms. The van der Waals surface area contributed by atoms with Crippen LogP contribution >= 0.6 is 23.1 Å². The van der Waals surface area contributed by atoms with Crippen molar-refractivity contribution in [2.24, 2.45) is 0 Å². The number of carbonyl (C=O) groups excluding carboxylic acids is 1. The van der Waals surface area contributed by atoms with E-state index in [-0.39, 0.29) is 17.5 Å². The lowest BCUT2D eigenvalue weighted by Crippen LogP contribution is -2.24. The van der Waals surface area contributed by atoms with Gasteiger partial charge >= 0.3 is 0 Å². The molecule has 0 unspecified atom stereocenters. The average Bonchev–Trinajstić information content (AvgIpc) is 3.17. The van der Waals surface area contributed by atoms with Gasteiger partial charge in [-0.25, -0.2) is 17.8 Å². The zero-order valence-corrected chi connectivity index (χ0v) is 18.8. The highest BCUT2D eigenvalue weighted by atomic mass is 32.2. The largest absolute Gasteiger partial charge is 0.301 e. The lowest BCUT2D eigenvalue weighted by Gasteiger charge is -2.16. The zero-order valence-electron chi connectivity index (χ0n) is 16.3. The van der Waals surface area contributed by atoms with Crippen molar-refractivity contribution in [3.05, 3.63) is 65.3 Å². The molecule has 0 aliphatic rings. The Kier molecular flexibility index (Phi) is 7.11. The second-order valence-electron chi connectivity index (χ2n) is 6.48. The fourth-order valence-corrected chi connectivity index (χ4v) is 4.52. The van der Waals surface area contributed by atoms with Crippen LogP contribution in [0.1, 0.15) is 5.56 Å². The van der Waals surface area contributed by atoms with Crippen molar-refractivity contribution in [2.75, 3.05) is 28.7 Å². The standard InChI is InChI=1S/C20H20FN3O3S3/c1-24(30(2,26)27)17-9-5-15(6-10-17)18-12-29-20(22-18)23-19(25)13-28-11-14-3-7-16(21)8-4-14/h3-10,12H,11,13H2,1-2H3,(H,22,23,25). The topological polar surface area (TPSA) is 79.4 Å². The molecule has 3 aromatic rings. The van der Waals surface area contributed by atoms with Gasteiger partial charge in [0.2, 0.25) is 15.9 Å². The van der Waals surface area contributed by atoms with Crippen molar-refractivity contribution >= 4 is 49.8 Å². The molecule has 1 heterocycles. The lowest BCUT2D eigenvalue weighted by molar-refractivity contribution is -0.113. The van der Waals surface area contributed by atoms with Crippen LogP contribution < -0.4 is 9.62 Å². The minimum Gasteiger partial charge on any atom is -0.301 e. The summed E-state index contributed by atoms with van der Waals surface area (Å²) >= 11 is 2.76. The molecule has 0 bridgehead atoms. The van der Waals surface area contributed by atoms with Crippen LogP contribution in [0, 0.1) is 5.82 Å². The highest BCUT2D eigenvalue weighted by Gasteiger charge is 2.13. The number of anilines is 2. The van der Waals surface area contributed by atoms with Crippen molar-refractivity contribution in [2.45, 2.75) is 5.75 Å². The molecule has 30 heavy (non-hydrogen) atoms. The molecule has 0 aliphatic heterocycles. The molecule has 2 aromatic carbocycles. The molecular formula is C20H20FN3O3S3. The minimum absolute atomic E-state index is 0.159. The van der Waals surface area contributed by atoms with Crippen LogP contribution in [-0.4, -0.2) is 38.4 Å². The van der Waals surface area contributed by atoms with Crippen LogP contribution in [0.4, 0.5) is 15.2 Å². The maximum Gasteiger partial charge on any atom is 0.236 e. The van der Waals surface area contributed by atoms with Crippen LogP contribution in [-0.2, 0) is 20.6 Å². The van der Waals surface area contributed by atoms with Gasteiger partial charge in [0.15, 0.2) is 5.13 Å². The van der Waals surface area contributed by atoms with E-state index in [9.17, 15) is 17.6 Å². The number of nitrogens with zero attached hydrogens (tertiary/aromatic N) is 2. The first-order chi connectivity index (χ1) is 14.2. The van der Waals surface area contributed by atoms with E-state index in [1.807, 2.05) is 5.38 Å². The van der Waals surface area contributed by atoms with E-state index in [1.165, 1.54) is 46.6 Å². The van der Waals surface area contributed by atoms with E-state index >= 15 is 0 Å². The second kappa shape index (κ2) is 9.59. The molecule has 0 aliphatic carbocycles. The number of thioether (sulfide) groups is 1. The van der Waals surface area contributed by atoms with Crippen molar-refractivity contribution in [1.82, 2.24) is 4.98 Å². The maximum atomic E-state index is 12.9. The third kappa shape index (κ3) is 6.04. The predicted molar refractivity (Wildman–Crippen MR) is 122 cm³/mol. The molecule has 1 amide bonds. The molecule has 0 saturated carbocycles. The molecule has 3 rings (SSSR count). The Morgan fingerprint density at radius 2 is 1.83 bits per heavy atom. The predicted octanol–water partition coefficient (Wildman–Crippen LogP) is 4.22. The molecule has 158 valence electrons. The van der Waals surface area contributed by atoms with E-state index in [2.05, 4.69) is 10.3 Å². The number of hydrogen-bond donors (Lipinski definition) is 1. The monoisotopic (exact) mass is 465 g/mol. The van der Waals surface area contributed by atoms with Gasteiger partial charge in [0.25, 0.3) is 0 Å². The summed E-state index contributed by atoms with van der Waals surface area (Å²) in [6, 6.07) is 13.2. The molecule has 6 nitrogen and oxygen atoms in total. The maximum absolute atomic E-state index is 12.9. The Morgan fingerprint density at radius 1 is 1.17 bits per heavy atom. The number of hydrogen-bond acceptors (Lipinski definition) is 6. The molecule has 1 N–H and O–H groups in total. The van der Waals surface area contributed by atoms with E-state index in [0.29, 0.717) is 22.3 Å². The fraction of sp³-hybridized carbons (Fsp3) is 0.200. The molecular weight excluding hydrogens is 445 g/mol. The third-order valence-corrected chi connectivity index (χ3v) is 7.16. The summed E-state index contributed by atoms with van der Waals surface area (Å²) < 4.78 is 37.3. The Hall–Kier alpha value is -2.43. The molecule has 0 fully saturated rings. The van der Waals surface area contributed by atoms with Crippen LogP contribution in [0.2, 0.25) is 0 Å². The van der Waals surface area contributed by atoms with Gasteiger partial charge in [-0.3, -0.25) is 9.10 Å². The number of sulfonamides is 1. The van der Waals surface area contributed by atoms with Crippen molar-refractivity contribution in [3.63, 3.8) is 0 Å². The van der Waals surface area contributed by atoms with Crippen LogP contribution in [0.25, 0.3) is 11.3 Å². The van der Waals surface area contributed by atoms with Crippen LogP contribution in [0.3, 0.4) is 0 Å². The number of nitrogens with one attached hydrogen (secondary N) is 1. The van der Waals surface area contributed by atoms with E-state index in [1.54, 1.807) is 36.4 Å². The zero-order chi connectivity index (χ0) is 21.7. The lowest BCUT2D eigenvalue weighted by atomic mass is 10.1. The number of rotatable bonds is 8. The van der Waals surface area contributed by atoms with Gasteiger partial charge in [-0.2, -0.15) is 0 Å². The van der Waals surface area contributed by atoms with Gasteiger partial charge in [-0.15, -0.1) is 23.1 Å². The summed E-state index contributed by atoms with van der Waals surface area (Å²) in [5.41, 5.74) is 3.03. The SMILES string of the molecule is CN(c1ccc(-c2csc(NC(=O)CSCc3ccc(F)cc3)n2)cc1)S(C)(=O)=O. The minimum atomic E-state index is -3.32. The number of amides is 1. The first-order valence-corrected chi connectivity index (χ1v) is 12.7. The van der Waals surface area contributed by atoms with Gasteiger partial charge < -0.3 is 5.32 Å². The highest BCUT2D eigenvalue weighted by molar-refractivity contribution is 7.99. The number of carbonyl (C=O) groups is 1. The van der Waals surface area contributed by atoms with Gasteiger partial charge in [-0.1, -0.05) is 24.3 Å². The normalized spacial score (nSPS) is 11.3. The Labute approximate surface area is 183 Å². The first-order valence-electron chi connectivity index (χ1n) is 8.84. The number of halogens is 1. The average molecular weight is 466 g/mol. The van der Waals surface area contributed by atoms with Crippen molar-refractivity contribution in [1.29, 1.82) is 0 Å². The van der Waals surface area contributed by atoms with Gasteiger partial charge in [0, 0.05) is 23.7 Å². The summed E-state index contributed by atoms with van der Waals surface area (Å²) in [5.74, 6) is 0.440. The summed E-state index contributed by atoms with van der Waals surface area (Å²) in [6.07, 6.45) is 1.15. The molecule has 0 radical (unpaired) electrons. The summed E-state index contributed by atoms with van der Waals surface area (Å²) in [7, 11) is -1.82. The summed E-state index contributed by atoms with van der Waals surface area (Å²) in [5, 5.41) is 5.10. The second-order valence-corrected chi connectivity index (χ2v) is 10.3.